The van der Waals surface area contributed by atoms with Gasteiger partial charge in [0.15, 0.2) is 5.78 Å². The Labute approximate surface area is 196 Å². The molecule has 0 aromatic heterocycles. The van der Waals surface area contributed by atoms with Crippen LogP contribution in [0, 0.1) is 15.5 Å². The lowest BCUT2D eigenvalue weighted by atomic mass is 9.68. The molecular weight excluding hydrogens is 442 g/mol. The van der Waals surface area contributed by atoms with E-state index in [1.807, 2.05) is 30.9 Å². The SMILES string of the molecule is CC1=C(C(N)=O)C(c2cccc([N+](=O)[O-])c2)C2=C(CC(C)(C)CC2=O)N1c1ccc(Cl)cc1. The molecule has 1 amide bonds. The van der Waals surface area contributed by atoms with Crippen molar-refractivity contribution >= 4 is 34.7 Å². The minimum Gasteiger partial charge on any atom is -0.366 e. The quantitative estimate of drug-likeness (QED) is 0.490. The lowest BCUT2D eigenvalue weighted by molar-refractivity contribution is -0.384. The molecule has 1 aliphatic carbocycles. The van der Waals surface area contributed by atoms with Gasteiger partial charge >= 0.3 is 0 Å². The van der Waals surface area contributed by atoms with Gasteiger partial charge in [-0.1, -0.05) is 37.6 Å². The fraction of sp³-hybridized carbons (Fsp3) is 0.280. The Balaban J connectivity index is 2.02. The summed E-state index contributed by atoms with van der Waals surface area (Å²) in [4.78, 5) is 39.1. The summed E-state index contributed by atoms with van der Waals surface area (Å²) in [7, 11) is 0. The first-order valence-electron chi connectivity index (χ1n) is 10.6. The first kappa shape index (κ1) is 22.7. The number of amides is 1. The summed E-state index contributed by atoms with van der Waals surface area (Å²) in [6.45, 7) is 5.84. The van der Waals surface area contributed by atoms with Gasteiger partial charge in [0, 0.05) is 57.7 Å². The maximum absolute atomic E-state index is 13.5. The van der Waals surface area contributed by atoms with Crippen molar-refractivity contribution in [2.24, 2.45) is 11.1 Å². The van der Waals surface area contributed by atoms with Crippen LogP contribution in [0.2, 0.25) is 5.02 Å². The van der Waals surface area contributed by atoms with Gasteiger partial charge in [0.2, 0.25) is 5.91 Å². The number of carbonyl (C=O) groups excluding carboxylic acids is 2. The number of nitro benzene ring substituents is 1. The Morgan fingerprint density at radius 1 is 1.18 bits per heavy atom. The van der Waals surface area contributed by atoms with Crippen molar-refractivity contribution in [2.75, 3.05) is 4.90 Å². The lowest BCUT2D eigenvalue weighted by Gasteiger charge is -2.44. The maximum Gasteiger partial charge on any atom is 0.269 e. The van der Waals surface area contributed by atoms with E-state index in [-0.39, 0.29) is 22.5 Å². The maximum atomic E-state index is 13.5. The van der Waals surface area contributed by atoms with Crippen LogP contribution in [0.1, 0.15) is 45.1 Å². The summed E-state index contributed by atoms with van der Waals surface area (Å²) < 4.78 is 0. The number of non-ortho nitro benzene ring substituents is 1. The third-order valence-electron chi connectivity index (χ3n) is 6.23. The molecule has 0 saturated carbocycles. The second-order valence-electron chi connectivity index (χ2n) is 9.26. The normalized spacial score (nSPS) is 20.1. The molecule has 4 rings (SSSR count). The van der Waals surface area contributed by atoms with E-state index in [0.29, 0.717) is 34.7 Å². The summed E-state index contributed by atoms with van der Waals surface area (Å²) in [5.41, 5.74) is 8.77. The molecule has 8 heteroatoms. The molecule has 1 aliphatic heterocycles. The molecule has 33 heavy (non-hydrogen) atoms. The molecule has 1 heterocycles. The van der Waals surface area contributed by atoms with Gasteiger partial charge in [-0.2, -0.15) is 0 Å². The fourth-order valence-electron chi connectivity index (χ4n) is 4.92. The van der Waals surface area contributed by atoms with Gasteiger partial charge in [0.25, 0.3) is 5.69 Å². The van der Waals surface area contributed by atoms with Crippen molar-refractivity contribution in [2.45, 2.75) is 39.5 Å². The molecule has 170 valence electrons. The van der Waals surface area contributed by atoms with Gasteiger partial charge in [-0.3, -0.25) is 19.7 Å². The minimum absolute atomic E-state index is 0.0945. The lowest BCUT2D eigenvalue weighted by Crippen LogP contribution is -2.41. The summed E-state index contributed by atoms with van der Waals surface area (Å²) in [6, 6.07) is 13.2. The van der Waals surface area contributed by atoms with Gasteiger partial charge in [0.1, 0.15) is 0 Å². The van der Waals surface area contributed by atoms with E-state index in [1.54, 1.807) is 31.2 Å². The van der Waals surface area contributed by atoms with Crippen LogP contribution >= 0.6 is 11.6 Å². The van der Waals surface area contributed by atoms with Crippen LogP contribution < -0.4 is 10.6 Å². The van der Waals surface area contributed by atoms with Crippen LogP contribution in [0.3, 0.4) is 0 Å². The van der Waals surface area contributed by atoms with E-state index in [4.69, 9.17) is 17.3 Å². The highest BCUT2D eigenvalue weighted by atomic mass is 35.5. The number of carbonyl (C=O) groups is 2. The first-order chi connectivity index (χ1) is 15.5. The van der Waals surface area contributed by atoms with Crippen molar-refractivity contribution in [3.63, 3.8) is 0 Å². The molecule has 2 aromatic carbocycles. The number of primary amides is 1. The number of rotatable bonds is 4. The molecule has 2 aromatic rings. The standard InChI is InChI=1S/C25H24ClN3O4/c1-14-21(24(27)31)22(15-5-4-6-18(11-15)29(32)33)23-19(12-25(2,3)13-20(23)30)28(14)17-9-7-16(26)8-10-17/h4-11,22H,12-13H2,1-3H3,(H2,27,31). The highest BCUT2D eigenvalue weighted by Gasteiger charge is 2.45. The molecule has 1 atom stereocenters. The van der Waals surface area contributed by atoms with Crippen molar-refractivity contribution < 1.29 is 14.5 Å². The van der Waals surface area contributed by atoms with Gasteiger partial charge < -0.3 is 10.6 Å². The zero-order valence-electron chi connectivity index (χ0n) is 18.6. The number of anilines is 1. The van der Waals surface area contributed by atoms with E-state index in [0.717, 1.165) is 11.4 Å². The molecule has 1 unspecified atom stereocenters. The third-order valence-corrected chi connectivity index (χ3v) is 6.49. The molecule has 0 fully saturated rings. The van der Waals surface area contributed by atoms with E-state index in [1.165, 1.54) is 12.1 Å². The van der Waals surface area contributed by atoms with E-state index >= 15 is 0 Å². The predicted molar refractivity (Wildman–Crippen MR) is 127 cm³/mol. The number of allylic oxidation sites excluding steroid dienone is 3. The second kappa shape index (κ2) is 8.15. The Bertz CT molecular complexity index is 1240. The molecule has 0 radical (unpaired) electrons. The summed E-state index contributed by atoms with van der Waals surface area (Å²) in [6.07, 6.45) is 0.891. The van der Waals surface area contributed by atoms with Crippen molar-refractivity contribution in [3.05, 3.63) is 91.8 Å². The Morgan fingerprint density at radius 2 is 1.85 bits per heavy atom. The minimum atomic E-state index is -0.774. The predicted octanol–water partition coefficient (Wildman–Crippen LogP) is 5.25. The van der Waals surface area contributed by atoms with E-state index in [2.05, 4.69) is 0 Å². The number of hydrogen-bond acceptors (Lipinski definition) is 5. The first-order valence-corrected chi connectivity index (χ1v) is 10.9. The van der Waals surface area contributed by atoms with Gasteiger partial charge in [-0.15, -0.1) is 0 Å². The summed E-state index contributed by atoms with van der Waals surface area (Å²) in [5.74, 6) is -1.54. The van der Waals surface area contributed by atoms with Crippen LogP contribution in [0.5, 0.6) is 0 Å². The average Bonchev–Trinajstić information content (AvgIpc) is 2.73. The highest BCUT2D eigenvalue weighted by Crippen LogP contribution is 2.51. The average molecular weight is 466 g/mol. The number of benzene rings is 2. The van der Waals surface area contributed by atoms with Gasteiger partial charge in [0.05, 0.1) is 4.92 Å². The number of ketones is 1. The number of halogens is 1. The molecular formula is C25H24ClN3O4. The number of nitrogens with two attached hydrogens (primary N) is 1. The molecule has 0 spiro atoms. The molecule has 2 N–H and O–H groups in total. The van der Waals surface area contributed by atoms with Crippen LogP contribution in [0.4, 0.5) is 11.4 Å². The Morgan fingerprint density at radius 3 is 2.45 bits per heavy atom. The fourth-order valence-corrected chi connectivity index (χ4v) is 5.04. The smallest absolute Gasteiger partial charge is 0.269 e. The molecule has 2 aliphatic rings. The third kappa shape index (κ3) is 4.04. The number of Topliss-reactive ketones (excluding diaryl/α,β-unsaturated/α-hetero) is 1. The van der Waals surface area contributed by atoms with Crippen LogP contribution in [0.15, 0.2) is 71.1 Å². The van der Waals surface area contributed by atoms with Crippen molar-refractivity contribution in [3.8, 4) is 0 Å². The summed E-state index contributed by atoms with van der Waals surface area (Å²) in [5, 5.41) is 12.0. The van der Waals surface area contributed by atoms with Gasteiger partial charge in [-0.25, -0.2) is 0 Å². The highest BCUT2D eigenvalue weighted by molar-refractivity contribution is 6.30. The number of nitrogens with zero attached hydrogens (tertiary/aromatic N) is 2. The molecule has 0 saturated heterocycles. The second-order valence-corrected chi connectivity index (χ2v) is 9.70. The van der Waals surface area contributed by atoms with Crippen molar-refractivity contribution in [1.82, 2.24) is 0 Å². The van der Waals surface area contributed by atoms with E-state index in [9.17, 15) is 19.7 Å². The molecule has 0 bridgehead atoms. The van der Waals surface area contributed by atoms with Crippen molar-refractivity contribution in [1.29, 1.82) is 0 Å². The van der Waals surface area contributed by atoms with E-state index < -0.39 is 16.7 Å². The number of hydrogen-bond donors (Lipinski definition) is 1. The zero-order valence-corrected chi connectivity index (χ0v) is 19.3. The Hall–Kier alpha value is -3.45. The monoisotopic (exact) mass is 465 g/mol. The topological polar surface area (TPSA) is 107 Å². The zero-order chi connectivity index (χ0) is 24.1. The number of nitro groups is 1. The Kier molecular flexibility index (Phi) is 5.62. The van der Waals surface area contributed by atoms with Crippen LogP contribution in [-0.2, 0) is 9.59 Å². The van der Waals surface area contributed by atoms with Crippen LogP contribution in [0.25, 0.3) is 0 Å². The largest absolute Gasteiger partial charge is 0.366 e. The summed E-state index contributed by atoms with van der Waals surface area (Å²) >= 11 is 6.09. The van der Waals surface area contributed by atoms with Gasteiger partial charge in [-0.05, 0) is 48.6 Å². The van der Waals surface area contributed by atoms with Crippen LogP contribution in [-0.4, -0.2) is 16.6 Å². The molecule has 7 nitrogen and oxygen atoms in total.